The summed E-state index contributed by atoms with van der Waals surface area (Å²) in [7, 11) is 5.54. The number of hydrogen-bond donors (Lipinski definition) is 1. The monoisotopic (exact) mass is 226 g/mol. The molecule has 1 N–H and O–H groups in total. The average Bonchev–Trinajstić information content (AvgIpc) is 2.58. The van der Waals surface area contributed by atoms with Crippen LogP contribution in [0.1, 0.15) is 19.1 Å². The third kappa shape index (κ3) is 2.00. The molecule has 0 aliphatic carbocycles. The van der Waals surface area contributed by atoms with Crippen LogP contribution in [0.2, 0.25) is 5.02 Å². The number of halogens is 1. The summed E-state index contributed by atoms with van der Waals surface area (Å²) in [6.07, 6.45) is 2.13. The lowest BCUT2D eigenvalue weighted by Crippen LogP contribution is -2.32. The van der Waals surface area contributed by atoms with Crippen molar-refractivity contribution in [2.45, 2.75) is 25.1 Å². The van der Waals surface area contributed by atoms with Crippen molar-refractivity contribution in [3.05, 3.63) is 32.1 Å². The van der Waals surface area contributed by atoms with E-state index in [1.807, 2.05) is 0 Å². The lowest BCUT2D eigenvalue weighted by atomic mass is 9.98. The maximum absolute atomic E-state index is 11.4. The average molecular weight is 226 g/mol. The number of ether oxygens (including phenoxy) is 1. The smallest absolute Gasteiger partial charge is 0.330 e. The first-order chi connectivity index (χ1) is 7.08. The van der Waals surface area contributed by atoms with E-state index in [1.165, 1.54) is 10.8 Å². The molecule has 2 atom stereocenters. The SMILES string of the molecule is [B][C@@H]1CCC(n2cc(Cl)c(=O)[nH]c2=O)O1. The van der Waals surface area contributed by atoms with E-state index in [2.05, 4.69) is 4.98 Å². The van der Waals surface area contributed by atoms with Crippen LogP contribution in [0.5, 0.6) is 0 Å². The lowest BCUT2D eigenvalue weighted by Gasteiger charge is -2.13. The number of nitrogens with one attached hydrogen (secondary N) is 1. The molecule has 2 rings (SSSR count). The van der Waals surface area contributed by atoms with E-state index in [-0.39, 0.29) is 11.0 Å². The van der Waals surface area contributed by atoms with E-state index in [0.717, 1.165) is 0 Å². The van der Waals surface area contributed by atoms with Crippen LogP contribution in [0.4, 0.5) is 0 Å². The lowest BCUT2D eigenvalue weighted by molar-refractivity contribution is 0.0340. The highest BCUT2D eigenvalue weighted by Gasteiger charge is 2.24. The molecule has 15 heavy (non-hydrogen) atoms. The molecule has 1 aromatic rings. The Kier molecular flexibility index (Phi) is 2.71. The Morgan fingerprint density at radius 1 is 1.53 bits per heavy atom. The molecule has 0 aromatic carbocycles. The minimum absolute atomic E-state index is 0.0429. The van der Waals surface area contributed by atoms with E-state index >= 15 is 0 Å². The Bertz CT molecular complexity index is 484. The van der Waals surface area contributed by atoms with Gasteiger partial charge >= 0.3 is 5.69 Å². The Hall–Kier alpha value is -1.01. The molecule has 1 fully saturated rings. The molecule has 1 aromatic heterocycles. The van der Waals surface area contributed by atoms with Crippen molar-refractivity contribution in [3.8, 4) is 0 Å². The fourth-order valence-electron chi connectivity index (χ4n) is 1.52. The Morgan fingerprint density at radius 3 is 2.87 bits per heavy atom. The minimum atomic E-state index is -0.597. The zero-order valence-electron chi connectivity index (χ0n) is 7.77. The molecule has 0 saturated carbocycles. The van der Waals surface area contributed by atoms with Gasteiger partial charge in [-0.25, -0.2) is 4.79 Å². The normalized spacial score (nSPS) is 25.7. The van der Waals surface area contributed by atoms with Gasteiger partial charge in [-0.2, -0.15) is 0 Å². The van der Waals surface area contributed by atoms with E-state index in [9.17, 15) is 9.59 Å². The molecule has 2 heterocycles. The van der Waals surface area contributed by atoms with Crippen LogP contribution >= 0.6 is 11.6 Å². The second kappa shape index (κ2) is 3.86. The van der Waals surface area contributed by atoms with Gasteiger partial charge in [-0.15, -0.1) is 0 Å². The minimum Gasteiger partial charge on any atom is -0.364 e. The summed E-state index contributed by atoms with van der Waals surface area (Å²) in [4.78, 5) is 24.5. The van der Waals surface area contributed by atoms with Crippen LogP contribution in [0.15, 0.2) is 15.8 Å². The molecule has 1 aliphatic rings. The molecule has 1 unspecified atom stereocenters. The molecule has 5 nitrogen and oxygen atoms in total. The first kappa shape index (κ1) is 10.5. The van der Waals surface area contributed by atoms with Crippen LogP contribution in [-0.4, -0.2) is 23.4 Å². The fraction of sp³-hybridized carbons (Fsp3) is 0.500. The predicted octanol–water partition coefficient (Wildman–Crippen LogP) is -0.00640. The van der Waals surface area contributed by atoms with Crippen LogP contribution in [0.25, 0.3) is 0 Å². The Morgan fingerprint density at radius 2 is 2.27 bits per heavy atom. The van der Waals surface area contributed by atoms with Crippen molar-refractivity contribution in [3.63, 3.8) is 0 Å². The van der Waals surface area contributed by atoms with Crippen molar-refractivity contribution in [1.82, 2.24) is 9.55 Å². The van der Waals surface area contributed by atoms with Crippen molar-refractivity contribution in [1.29, 1.82) is 0 Å². The van der Waals surface area contributed by atoms with Crippen LogP contribution in [0.3, 0.4) is 0 Å². The van der Waals surface area contributed by atoms with Gasteiger partial charge in [0.1, 0.15) is 19.1 Å². The Balaban J connectivity index is 2.41. The quantitative estimate of drug-likeness (QED) is 0.685. The van der Waals surface area contributed by atoms with E-state index in [0.29, 0.717) is 12.8 Å². The molecule has 7 heteroatoms. The number of H-pyrrole nitrogens is 1. The van der Waals surface area contributed by atoms with E-state index in [4.69, 9.17) is 24.2 Å². The van der Waals surface area contributed by atoms with Gasteiger partial charge in [0.15, 0.2) is 0 Å². The standard InChI is InChI=1S/C8H8BClN2O3/c9-5-1-2-6(15-5)12-3-4(10)7(13)11-8(12)14/h3,5-6H,1-2H2,(H,11,13,14)/t5-,6?/m0/s1. The van der Waals surface area contributed by atoms with E-state index < -0.39 is 17.5 Å². The van der Waals surface area contributed by atoms with Crippen LogP contribution in [0, 0.1) is 0 Å². The van der Waals surface area contributed by atoms with Crippen molar-refractivity contribution in [2.24, 2.45) is 0 Å². The summed E-state index contributed by atoms with van der Waals surface area (Å²) in [6.45, 7) is 0. The van der Waals surface area contributed by atoms with Gasteiger partial charge in [0.2, 0.25) is 0 Å². The molecular formula is C8H8BClN2O3. The fourth-order valence-corrected chi connectivity index (χ4v) is 1.68. The summed E-state index contributed by atoms with van der Waals surface area (Å²) in [5.74, 6) is 0. The van der Waals surface area contributed by atoms with Crippen molar-refractivity contribution < 1.29 is 4.74 Å². The van der Waals surface area contributed by atoms with Crippen LogP contribution < -0.4 is 11.2 Å². The van der Waals surface area contributed by atoms with Crippen molar-refractivity contribution >= 4 is 19.4 Å². The summed E-state index contributed by atoms with van der Waals surface area (Å²) in [5, 5.41) is -0.0429. The third-order valence-electron chi connectivity index (χ3n) is 2.26. The van der Waals surface area contributed by atoms with Gasteiger partial charge in [0.25, 0.3) is 5.56 Å². The number of nitrogens with zero attached hydrogens (tertiary/aromatic N) is 1. The molecule has 0 amide bonds. The number of aromatic nitrogens is 2. The summed E-state index contributed by atoms with van der Waals surface area (Å²) in [5.41, 5.74) is -1.14. The van der Waals surface area contributed by atoms with Gasteiger partial charge < -0.3 is 4.74 Å². The van der Waals surface area contributed by atoms with Gasteiger partial charge in [-0.1, -0.05) is 11.6 Å². The maximum Gasteiger partial charge on any atom is 0.330 e. The Labute approximate surface area is 91.4 Å². The highest BCUT2D eigenvalue weighted by Crippen LogP contribution is 2.25. The van der Waals surface area contributed by atoms with Crippen molar-refractivity contribution in [2.75, 3.05) is 0 Å². The molecular weight excluding hydrogens is 218 g/mol. The highest BCUT2D eigenvalue weighted by molar-refractivity contribution is 6.30. The van der Waals surface area contributed by atoms with E-state index in [1.54, 1.807) is 0 Å². The number of hydrogen-bond acceptors (Lipinski definition) is 3. The zero-order chi connectivity index (χ0) is 11.0. The number of aromatic amines is 1. The zero-order valence-corrected chi connectivity index (χ0v) is 8.53. The van der Waals surface area contributed by atoms with Gasteiger partial charge in [-0.05, 0) is 12.8 Å². The second-order valence-corrected chi connectivity index (χ2v) is 3.76. The largest absolute Gasteiger partial charge is 0.364 e. The second-order valence-electron chi connectivity index (χ2n) is 3.35. The third-order valence-corrected chi connectivity index (χ3v) is 2.53. The summed E-state index contributed by atoms with van der Waals surface area (Å²) >= 11 is 5.61. The van der Waals surface area contributed by atoms with Gasteiger partial charge in [-0.3, -0.25) is 14.3 Å². The molecule has 0 bridgehead atoms. The number of rotatable bonds is 1. The van der Waals surface area contributed by atoms with Gasteiger partial charge in [0.05, 0.1) is 0 Å². The summed E-state index contributed by atoms with van der Waals surface area (Å²) < 4.78 is 6.53. The molecule has 78 valence electrons. The topological polar surface area (TPSA) is 64.1 Å². The van der Waals surface area contributed by atoms with Crippen LogP contribution in [-0.2, 0) is 4.74 Å². The molecule has 1 aliphatic heterocycles. The maximum atomic E-state index is 11.4. The molecule has 1 saturated heterocycles. The summed E-state index contributed by atoms with van der Waals surface area (Å²) in [6, 6.07) is -0.368. The first-order valence-corrected chi connectivity index (χ1v) is 4.88. The van der Waals surface area contributed by atoms with Gasteiger partial charge in [0, 0.05) is 12.2 Å². The predicted molar refractivity (Wildman–Crippen MR) is 55.2 cm³/mol. The highest BCUT2D eigenvalue weighted by atomic mass is 35.5. The molecule has 2 radical (unpaired) electrons. The molecule has 0 spiro atoms. The first-order valence-electron chi connectivity index (χ1n) is 4.50.